The summed E-state index contributed by atoms with van der Waals surface area (Å²) in [4.78, 5) is 0. The second kappa shape index (κ2) is 15.5. The molecule has 0 saturated carbocycles. The van der Waals surface area contributed by atoms with E-state index in [1.807, 2.05) is 0 Å². The molecule has 0 unspecified atom stereocenters. The highest BCUT2D eigenvalue weighted by Crippen LogP contribution is 2.19. The molecule has 0 radical (unpaired) electrons. The summed E-state index contributed by atoms with van der Waals surface area (Å²) in [5.41, 5.74) is 0. The summed E-state index contributed by atoms with van der Waals surface area (Å²) in [6.45, 7) is 17.6. The summed E-state index contributed by atoms with van der Waals surface area (Å²) in [5.74, 6) is 0. The first kappa shape index (κ1) is 32.1. The number of halogens is 7. The normalized spacial score (nSPS) is 10.5. The molecule has 0 aromatic carbocycles. The van der Waals surface area contributed by atoms with E-state index < -0.39 is 25.2 Å². The van der Waals surface area contributed by atoms with Crippen molar-refractivity contribution in [2.24, 2.45) is 0 Å². The van der Waals surface area contributed by atoms with Crippen molar-refractivity contribution in [2.75, 3.05) is 0 Å². The molecule has 0 aliphatic rings. The van der Waals surface area contributed by atoms with E-state index in [0.717, 1.165) is 0 Å². The molecule has 0 bridgehead atoms. The molecule has 0 heterocycles. The molecule has 0 N–H and O–H groups in total. The topological polar surface area (TPSA) is 18.5 Å². The molecule has 0 rings (SSSR count). The van der Waals surface area contributed by atoms with Crippen LogP contribution in [0.15, 0.2) is 0 Å². The van der Waals surface area contributed by atoms with Crippen molar-refractivity contribution in [3.8, 4) is 0 Å². The fourth-order valence-electron chi connectivity index (χ4n) is 1.50. The van der Waals surface area contributed by atoms with Gasteiger partial charge in [-0.15, -0.1) is 0 Å². The van der Waals surface area contributed by atoms with Gasteiger partial charge < -0.3 is 8.23 Å². The molecule has 20 heavy (non-hydrogen) atoms. The van der Waals surface area contributed by atoms with Crippen LogP contribution < -0.4 is 0 Å². The van der Waals surface area contributed by atoms with Gasteiger partial charge in [-0.05, 0) is 52.4 Å². The van der Waals surface area contributed by atoms with E-state index in [1.165, 1.54) is 0 Å². The lowest BCUT2D eigenvalue weighted by molar-refractivity contribution is 0.108. The van der Waals surface area contributed by atoms with Gasteiger partial charge in [0.05, 0.1) is 0 Å². The van der Waals surface area contributed by atoms with Crippen molar-refractivity contribution in [2.45, 2.75) is 52.4 Å². The Labute approximate surface area is 118 Å². The average molecular weight is 371 g/mol. The van der Waals surface area contributed by atoms with Crippen LogP contribution in [0.3, 0.4) is 0 Å². The third-order valence-corrected chi connectivity index (χ3v) is 9.94. The molecule has 0 aromatic rings. The Morgan fingerprint density at radius 2 is 0.650 bits per heavy atom. The summed E-state index contributed by atoms with van der Waals surface area (Å²) in [6.07, 6.45) is 0. The molecule has 12 heteroatoms. The largest absolute Gasteiger partial charge is 0.437 e. The van der Waals surface area contributed by atoms with Gasteiger partial charge in [-0.1, -0.05) is 0 Å². The maximum Gasteiger partial charge on any atom is 0.311 e. The average Bonchev–Trinajstić information content (AvgIpc) is 2.19. The smallest absolute Gasteiger partial charge is 0.311 e. The highest BCUT2D eigenvalue weighted by Gasteiger charge is 2.35. The highest BCUT2D eigenvalue weighted by atomic mass is 28.5. The Morgan fingerprint density at radius 3 is 0.750 bits per heavy atom. The van der Waals surface area contributed by atoms with Crippen LogP contribution in [0.4, 0.5) is 32.1 Å². The molecule has 0 aliphatic carbocycles. The molecule has 0 atom stereocenters. The minimum Gasteiger partial charge on any atom is -0.437 e. The maximum absolute atomic E-state index is 8.00. The van der Waals surface area contributed by atoms with Gasteiger partial charge in [0.25, 0.3) is 0 Å². The van der Waals surface area contributed by atoms with Gasteiger partial charge >= 0.3 is 8.56 Å². The Balaban J connectivity index is -0.0000000940. The SMILES string of the molecule is C[Si](C)(C)O[Si](C)(C)O[Si](C)(C)C.F.FF.FF.FF. The van der Waals surface area contributed by atoms with E-state index in [2.05, 4.69) is 52.4 Å². The Hall–Kier alpha value is 0.0806. The van der Waals surface area contributed by atoms with Crippen LogP contribution in [-0.4, -0.2) is 25.2 Å². The van der Waals surface area contributed by atoms with Crippen LogP contribution in [0.1, 0.15) is 0 Å². The molecular formula is C8H25F7O2Si3. The van der Waals surface area contributed by atoms with Crippen LogP contribution in [0.2, 0.25) is 52.4 Å². The summed E-state index contributed by atoms with van der Waals surface area (Å²) >= 11 is 0. The van der Waals surface area contributed by atoms with Crippen molar-refractivity contribution in [3.63, 3.8) is 0 Å². The van der Waals surface area contributed by atoms with Gasteiger partial charge in [-0.3, -0.25) is 4.70 Å². The summed E-state index contributed by atoms with van der Waals surface area (Å²) in [7, 11) is -4.72. The van der Waals surface area contributed by atoms with Gasteiger partial charge in [0.1, 0.15) is 0 Å². The van der Waals surface area contributed by atoms with E-state index in [0.29, 0.717) is 0 Å². The molecule has 0 fully saturated rings. The van der Waals surface area contributed by atoms with Gasteiger partial charge in [-0.25, -0.2) is 0 Å². The second-order valence-corrected chi connectivity index (χ2v) is 18.7. The van der Waals surface area contributed by atoms with E-state index >= 15 is 0 Å². The lowest BCUT2D eigenvalue weighted by Gasteiger charge is -2.35. The third-order valence-electron chi connectivity index (χ3n) is 1.10. The zero-order chi connectivity index (χ0) is 16.9. The minimum absolute atomic E-state index is 0. The lowest BCUT2D eigenvalue weighted by atomic mass is 11.8. The third kappa shape index (κ3) is 36.1. The Morgan fingerprint density at radius 1 is 0.500 bits per heavy atom. The molecule has 130 valence electrons. The van der Waals surface area contributed by atoms with Crippen molar-refractivity contribution in [3.05, 3.63) is 0 Å². The minimum atomic E-state index is -1.85. The van der Waals surface area contributed by atoms with E-state index in [1.54, 1.807) is 0 Å². The highest BCUT2D eigenvalue weighted by molar-refractivity contribution is 6.87. The monoisotopic (exact) mass is 370 g/mol. The Bertz CT molecular complexity index is 168. The molecule has 0 aliphatic heterocycles. The van der Waals surface area contributed by atoms with Crippen LogP contribution in [0.25, 0.3) is 0 Å². The number of rotatable bonds is 4. The van der Waals surface area contributed by atoms with Crippen LogP contribution in [-0.2, 0) is 8.23 Å². The van der Waals surface area contributed by atoms with Crippen LogP contribution >= 0.6 is 0 Å². The fraction of sp³-hybridized carbons (Fsp3) is 1.00. The molecule has 2 nitrogen and oxygen atoms in total. The van der Waals surface area contributed by atoms with Gasteiger partial charge in [0.2, 0.25) is 0 Å². The van der Waals surface area contributed by atoms with Crippen molar-refractivity contribution in [1.29, 1.82) is 0 Å². The first-order valence-corrected chi connectivity index (χ1v) is 14.9. The van der Waals surface area contributed by atoms with Gasteiger partial charge in [0.15, 0.2) is 16.6 Å². The first-order chi connectivity index (χ1) is 8.41. The lowest BCUT2D eigenvalue weighted by Crippen LogP contribution is -2.50. The van der Waals surface area contributed by atoms with Crippen LogP contribution in [0, 0.1) is 0 Å². The van der Waals surface area contributed by atoms with Crippen molar-refractivity contribution >= 4 is 25.2 Å². The van der Waals surface area contributed by atoms with E-state index in [4.69, 9.17) is 35.7 Å². The fourth-order valence-corrected chi connectivity index (χ4v) is 13.8. The number of hydrogen-bond acceptors (Lipinski definition) is 2. The van der Waals surface area contributed by atoms with Gasteiger partial charge in [-0.2, -0.15) is 0 Å². The van der Waals surface area contributed by atoms with E-state index in [9.17, 15) is 0 Å². The summed E-state index contributed by atoms with van der Waals surface area (Å²) < 4.78 is 60.2. The van der Waals surface area contributed by atoms with Gasteiger partial charge in [0, 0.05) is 27.4 Å². The zero-order valence-electron chi connectivity index (χ0n) is 13.0. The summed E-state index contributed by atoms with van der Waals surface area (Å²) in [5, 5.41) is 0. The summed E-state index contributed by atoms with van der Waals surface area (Å²) in [6, 6.07) is 0. The Kier molecular flexibility index (Phi) is 24.9. The first-order valence-electron chi connectivity index (χ1n) is 5.25. The number of hydrogen-bond donors (Lipinski definition) is 0. The molecule has 0 amide bonds. The van der Waals surface area contributed by atoms with E-state index in [-0.39, 0.29) is 4.70 Å². The predicted molar refractivity (Wildman–Crippen MR) is 75.5 cm³/mol. The standard InChI is InChI=1S/C8H24O2Si3.3F2.FH/c1-11(2,3)9-13(7,8)10-12(4,5)6;3*1-2;/h1-8H3;;;;1H. The van der Waals surface area contributed by atoms with Crippen molar-refractivity contribution < 1.29 is 40.4 Å². The molecule has 0 saturated heterocycles. The van der Waals surface area contributed by atoms with Crippen LogP contribution in [0.5, 0.6) is 0 Å². The molecular weight excluding hydrogens is 345 g/mol. The second-order valence-electron chi connectivity index (χ2n) is 5.83. The predicted octanol–water partition coefficient (Wildman–Crippen LogP) is 6.06. The molecule has 0 aromatic heterocycles. The quantitative estimate of drug-likeness (QED) is 0.442. The maximum atomic E-state index is 8.00. The van der Waals surface area contributed by atoms with Crippen molar-refractivity contribution in [1.82, 2.24) is 0 Å². The molecule has 0 spiro atoms. The zero-order valence-corrected chi connectivity index (χ0v) is 16.0.